The summed E-state index contributed by atoms with van der Waals surface area (Å²) in [7, 11) is 0. The third-order valence-corrected chi connectivity index (χ3v) is 4.32. The lowest BCUT2D eigenvalue weighted by molar-refractivity contribution is -0.137. The zero-order valence-electron chi connectivity index (χ0n) is 14.1. The smallest absolute Gasteiger partial charge is 0.340 e. The fourth-order valence-electron chi connectivity index (χ4n) is 2.97. The first-order valence-electron chi connectivity index (χ1n) is 8.30. The number of rotatable bonds is 3. The van der Waals surface area contributed by atoms with Crippen LogP contribution in [0.1, 0.15) is 16.8 Å². The second kappa shape index (κ2) is 6.82. The number of benzene rings is 1. The number of nitrogens with one attached hydrogen (secondary N) is 1. The van der Waals surface area contributed by atoms with Crippen LogP contribution in [0.2, 0.25) is 0 Å². The molecule has 0 aliphatic carbocycles. The van der Waals surface area contributed by atoms with E-state index in [1.165, 1.54) is 18.5 Å². The van der Waals surface area contributed by atoms with Crippen LogP contribution in [0.25, 0.3) is 0 Å². The molecule has 27 heavy (non-hydrogen) atoms. The maximum atomic E-state index is 12.7. The van der Waals surface area contributed by atoms with Gasteiger partial charge in [0, 0.05) is 30.2 Å². The summed E-state index contributed by atoms with van der Waals surface area (Å²) in [6, 6.07) is 6.64. The van der Waals surface area contributed by atoms with Crippen LogP contribution >= 0.6 is 0 Å². The highest BCUT2D eigenvalue weighted by atomic mass is 19.4. The first-order chi connectivity index (χ1) is 13.0. The highest BCUT2D eigenvalue weighted by Gasteiger charge is 2.30. The number of nitrogens with zero attached hydrogens (tertiary/aromatic N) is 5. The van der Waals surface area contributed by atoms with Crippen LogP contribution in [0.5, 0.6) is 0 Å². The maximum Gasteiger partial charge on any atom is 0.416 e. The molecule has 9 heteroatoms. The van der Waals surface area contributed by atoms with Gasteiger partial charge in [0.25, 0.3) is 0 Å². The topological polar surface area (TPSA) is 66.8 Å². The number of halogens is 3. The minimum Gasteiger partial charge on any atom is -0.340 e. The number of fused-ring (bicyclic) bond motifs is 1. The summed E-state index contributed by atoms with van der Waals surface area (Å²) in [5.74, 6) is 1.24. The van der Waals surface area contributed by atoms with Crippen molar-refractivity contribution in [2.75, 3.05) is 16.8 Å². The Labute approximate surface area is 153 Å². The van der Waals surface area contributed by atoms with Gasteiger partial charge in [0.1, 0.15) is 12.1 Å². The van der Waals surface area contributed by atoms with Gasteiger partial charge in [-0.2, -0.15) is 13.2 Å². The molecule has 0 saturated carbocycles. The van der Waals surface area contributed by atoms with Crippen molar-refractivity contribution in [3.8, 4) is 0 Å². The molecule has 0 saturated heterocycles. The quantitative estimate of drug-likeness (QED) is 0.758. The number of alkyl halides is 3. The van der Waals surface area contributed by atoms with Crippen molar-refractivity contribution < 1.29 is 13.2 Å². The molecule has 0 spiro atoms. The summed E-state index contributed by atoms with van der Waals surface area (Å²) in [4.78, 5) is 19.1. The van der Waals surface area contributed by atoms with Gasteiger partial charge in [-0.1, -0.05) is 0 Å². The zero-order chi connectivity index (χ0) is 18.9. The van der Waals surface area contributed by atoms with E-state index in [1.54, 1.807) is 18.5 Å². The van der Waals surface area contributed by atoms with Gasteiger partial charge in [-0.05, 0) is 36.8 Å². The molecule has 0 amide bonds. The lowest BCUT2D eigenvalue weighted by Crippen LogP contribution is -2.33. The van der Waals surface area contributed by atoms with Crippen LogP contribution in [0.3, 0.4) is 0 Å². The number of aromatic nitrogens is 4. The van der Waals surface area contributed by atoms with Gasteiger partial charge in [0.05, 0.1) is 17.8 Å². The number of hydrogen-bond donors (Lipinski definition) is 1. The van der Waals surface area contributed by atoms with Crippen molar-refractivity contribution in [2.24, 2.45) is 0 Å². The third kappa shape index (κ3) is 3.67. The Kier molecular flexibility index (Phi) is 4.35. The van der Waals surface area contributed by atoms with Crippen LogP contribution < -0.4 is 10.2 Å². The zero-order valence-corrected chi connectivity index (χ0v) is 14.1. The summed E-state index contributed by atoms with van der Waals surface area (Å²) in [6.07, 6.45) is 1.15. The predicted octanol–water partition coefficient (Wildman–Crippen LogP) is 3.59. The first-order valence-corrected chi connectivity index (χ1v) is 8.30. The van der Waals surface area contributed by atoms with Crippen molar-refractivity contribution >= 4 is 17.5 Å². The molecular formula is C18H15F3N6. The maximum absolute atomic E-state index is 12.7. The van der Waals surface area contributed by atoms with Crippen LogP contribution in [-0.4, -0.2) is 26.5 Å². The Balaban J connectivity index is 1.55. The van der Waals surface area contributed by atoms with Gasteiger partial charge in [-0.3, -0.25) is 0 Å². The van der Waals surface area contributed by atoms with Gasteiger partial charge >= 0.3 is 6.18 Å². The van der Waals surface area contributed by atoms with Gasteiger partial charge in [0.2, 0.25) is 5.95 Å². The van der Waals surface area contributed by atoms with Crippen LogP contribution in [0, 0.1) is 0 Å². The van der Waals surface area contributed by atoms with E-state index >= 15 is 0 Å². The molecule has 1 aliphatic rings. The van der Waals surface area contributed by atoms with E-state index in [2.05, 4.69) is 25.3 Å². The Morgan fingerprint density at radius 3 is 2.41 bits per heavy atom. The Hall–Kier alpha value is -3.23. The summed E-state index contributed by atoms with van der Waals surface area (Å²) in [5, 5.41) is 3.10. The molecule has 0 fully saturated rings. The molecule has 1 aromatic carbocycles. The molecule has 6 nitrogen and oxygen atoms in total. The highest BCUT2D eigenvalue weighted by molar-refractivity contribution is 5.61. The van der Waals surface area contributed by atoms with Crippen molar-refractivity contribution in [3.05, 3.63) is 65.9 Å². The molecule has 0 radical (unpaired) electrons. The fraction of sp³-hybridized carbons (Fsp3) is 0.222. The van der Waals surface area contributed by atoms with Gasteiger partial charge in [-0.25, -0.2) is 19.9 Å². The molecule has 3 aromatic rings. The number of hydrogen-bond acceptors (Lipinski definition) is 6. The third-order valence-electron chi connectivity index (χ3n) is 4.32. The van der Waals surface area contributed by atoms with Gasteiger partial charge in [-0.15, -0.1) is 0 Å². The summed E-state index contributed by atoms with van der Waals surface area (Å²) in [6.45, 7) is 1.25. The van der Waals surface area contributed by atoms with Crippen molar-refractivity contribution in [1.82, 2.24) is 19.9 Å². The second-order valence-corrected chi connectivity index (χ2v) is 6.07. The lowest BCUT2D eigenvalue weighted by Gasteiger charge is -2.28. The van der Waals surface area contributed by atoms with Crippen LogP contribution in [-0.2, 0) is 19.1 Å². The second-order valence-electron chi connectivity index (χ2n) is 6.07. The molecule has 1 aliphatic heterocycles. The Morgan fingerprint density at radius 1 is 0.963 bits per heavy atom. The van der Waals surface area contributed by atoms with Crippen LogP contribution in [0.15, 0.2) is 49.1 Å². The minimum atomic E-state index is -4.35. The summed E-state index contributed by atoms with van der Waals surface area (Å²) < 4.78 is 38.1. The van der Waals surface area contributed by atoms with Crippen molar-refractivity contribution in [3.63, 3.8) is 0 Å². The molecule has 1 N–H and O–H groups in total. The van der Waals surface area contributed by atoms with Gasteiger partial charge in [0.15, 0.2) is 0 Å². The summed E-state index contributed by atoms with van der Waals surface area (Å²) >= 11 is 0. The highest BCUT2D eigenvalue weighted by Crippen LogP contribution is 2.31. The predicted molar refractivity (Wildman–Crippen MR) is 93.5 cm³/mol. The molecular weight excluding hydrogens is 357 g/mol. The lowest BCUT2D eigenvalue weighted by atomic mass is 10.1. The van der Waals surface area contributed by atoms with E-state index in [-0.39, 0.29) is 0 Å². The SMILES string of the molecule is FC(F)(F)c1ccc(Nc2ncnc3c2CCN(c2ncccn2)C3)cc1. The molecule has 0 atom stereocenters. The van der Waals surface area contributed by atoms with Gasteiger partial charge < -0.3 is 10.2 Å². The normalized spacial score (nSPS) is 14.0. The molecule has 4 rings (SSSR count). The van der Waals surface area contributed by atoms with Crippen LogP contribution in [0.4, 0.5) is 30.6 Å². The first kappa shape index (κ1) is 17.2. The summed E-state index contributed by atoms with van der Waals surface area (Å²) in [5.41, 5.74) is 1.65. The molecule has 138 valence electrons. The van der Waals surface area contributed by atoms with E-state index in [4.69, 9.17) is 0 Å². The van der Waals surface area contributed by atoms with E-state index in [9.17, 15) is 13.2 Å². The Morgan fingerprint density at radius 2 is 1.70 bits per heavy atom. The standard InChI is InChI=1S/C18H15F3N6/c19-18(20,21)12-2-4-13(5-3-12)26-16-14-6-9-27(10-15(14)24-11-25-16)17-22-7-1-8-23-17/h1-5,7-8,11H,6,9-10H2,(H,24,25,26). The monoisotopic (exact) mass is 372 g/mol. The fourth-order valence-corrected chi connectivity index (χ4v) is 2.97. The van der Waals surface area contributed by atoms with E-state index in [1.807, 2.05) is 4.90 Å². The Bertz CT molecular complexity index is 928. The molecule has 0 unspecified atom stereocenters. The van der Waals surface area contributed by atoms with E-state index in [0.29, 0.717) is 37.0 Å². The molecule has 2 aromatic heterocycles. The largest absolute Gasteiger partial charge is 0.416 e. The van der Waals surface area contributed by atoms with Crippen molar-refractivity contribution in [1.29, 1.82) is 0 Å². The van der Waals surface area contributed by atoms with E-state index < -0.39 is 11.7 Å². The number of anilines is 3. The van der Waals surface area contributed by atoms with E-state index in [0.717, 1.165) is 23.4 Å². The molecule has 0 bridgehead atoms. The molecule has 3 heterocycles. The van der Waals surface area contributed by atoms with Crippen molar-refractivity contribution in [2.45, 2.75) is 19.1 Å². The average Bonchev–Trinajstić information content (AvgIpc) is 2.68. The minimum absolute atomic E-state index is 0.540. The average molecular weight is 372 g/mol.